The van der Waals surface area contributed by atoms with E-state index in [4.69, 9.17) is 9.47 Å². The van der Waals surface area contributed by atoms with Crippen LogP contribution in [0.1, 0.15) is 37.5 Å². The first-order valence-electron chi connectivity index (χ1n) is 7.79. The predicted molar refractivity (Wildman–Crippen MR) is 87.3 cm³/mol. The number of allylic oxidation sites excluding steroid dienone is 2. The van der Waals surface area contributed by atoms with E-state index in [1.807, 2.05) is 38.1 Å². The number of hydrogen-bond donors (Lipinski definition) is 0. The van der Waals surface area contributed by atoms with Gasteiger partial charge in [0.25, 0.3) is 0 Å². The van der Waals surface area contributed by atoms with E-state index in [-0.39, 0.29) is 17.3 Å². The molecule has 1 aliphatic carbocycles. The Balaban J connectivity index is 1.99. The standard InChI is InChI=1S/C19H26O3/c1-6-8-16-17(19(16,3)4)18(20)22-12-15-10-7-9-14(11-21-5)13(15)2/h6-10,16-17H,11-12H2,1-5H3/t16-,17+/m1/s1. The number of methoxy groups -OCH3 is 1. The molecule has 0 bridgehead atoms. The molecular formula is C19H26O3. The molecule has 0 aromatic heterocycles. The average molecular weight is 302 g/mol. The molecule has 1 saturated carbocycles. The molecule has 0 saturated heterocycles. The van der Waals surface area contributed by atoms with Gasteiger partial charge < -0.3 is 9.47 Å². The molecule has 1 aromatic rings. The summed E-state index contributed by atoms with van der Waals surface area (Å²) in [4.78, 5) is 12.3. The van der Waals surface area contributed by atoms with Gasteiger partial charge in [0.15, 0.2) is 0 Å². The number of carbonyl (C=O) groups excluding carboxylic acids is 1. The van der Waals surface area contributed by atoms with Crippen LogP contribution >= 0.6 is 0 Å². The van der Waals surface area contributed by atoms with Gasteiger partial charge in [-0.25, -0.2) is 0 Å². The molecule has 1 aliphatic rings. The van der Waals surface area contributed by atoms with E-state index in [1.165, 1.54) is 0 Å². The van der Waals surface area contributed by atoms with Gasteiger partial charge >= 0.3 is 5.97 Å². The van der Waals surface area contributed by atoms with Crippen molar-refractivity contribution in [2.24, 2.45) is 17.3 Å². The van der Waals surface area contributed by atoms with E-state index >= 15 is 0 Å². The van der Waals surface area contributed by atoms with Gasteiger partial charge in [-0.15, -0.1) is 0 Å². The smallest absolute Gasteiger partial charge is 0.310 e. The summed E-state index contributed by atoms with van der Waals surface area (Å²) in [5.41, 5.74) is 3.33. The molecule has 0 unspecified atom stereocenters. The number of benzene rings is 1. The van der Waals surface area contributed by atoms with Crippen LogP contribution in [-0.4, -0.2) is 13.1 Å². The third-order valence-corrected chi connectivity index (χ3v) is 4.79. The molecule has 22 heavy (non-hydrogen) atoms. The summed E-state index contributed by atoms with van der Waals surface area (Å²) in [5.74, 6) is 0.182. The molecule has 2 atom stereocenters. The fourth-order valence-electron chi connectivity index (χ4n) is 3.14. The van der Waals surface area contributed by atoms with Crippen molar-refractivity contribution in [2.75, 3.05) is 7.11 Å². The molecule has 0 radical (unpaired) electrons. The zero-order valence-electron chi connectivity index (χ0n) is 14.2. The average Bonchev–Trinajstić information content (AvgIpc) is 3.01. The second kappa shape index (κ2) is 6.66. The number of ether oxygens (including phenoxy) is 2. The second-order valence-corrected chi connectivity index (χ2v) is 6.59. The van der Waals surface area contributed by atoms with Crippen molar-refractivity contribution in [2.45, 2.75) is 40.9 Å². The van der Waals surface area contributed by atoms with Gasteiger partial charge in [-0.2, -0.15) is 0 Å². The molecule has 120 valence electrons. The number of esters is 1. The summed E-state index contributed by atoms with van der Waals surface area (Å²) in [6.07, 6.45) is 4.12. The molecule has 0 aliphatic heterocycles. The summed E-state index contributed by atoms with van der Waals surface area (Å²) in [7, 11) is 1.68. The largest absolute Gasteiger partial charge is 0.461 e. The normalized spacial score (nSPS) is 22.8. The van der Waals surface area contributed by atoms with E-state index in [0.29, 0.717) is 19.1 Å². The molecule has 1 aromatic carbocycles. The molecule has 3 nitrogen and oxygen atoms in total. The van der Waals surface area contributed by atoms with Crippen molar-refractivity contribution in [3.8, 4) is 0 Å². The number of rotatable bonds is 6. The highest BCUT2D eigenvalue weighted by Crippen LogP contribution is 2.59. The highest BCUT2D eigenvalue weighted by atomic mass is 16.5. The number of hydrogen-bond acceptors (Lipinski definition) is 3. The Labute approximate surface area is 133 Å². The van der Waals surface area contributed by atoms with Gasteiger partial charge in [-0.05, 0) is 41.9 Å². The first kappa shape index (κ1) is 16.8. The van der Waals surface area contributed by atoms with Crippen LogP contribution in [0.2, 0.25) is 0 Å². The van der Waals surface area contributed by atoms with Crippen LogP contribution in [0.5, 0.6) is 0 Å². The van der Waals surface area contributed by atoms with Gasteiger partial charge in [-0.3, -0.25) is 4.79 Å². The maximum atomic E-state index is 12.3. The highest BCUT2D eigenvalue weighted by molar-refractivity contribution is 5.78. The zero-order chi connectivity index (χ0) is 16.3. The molecule has 1 fully saturated rings. The minimum Gasteiger partial charge on any atom is -0.461 e. The SMILES string of the molecule is CC=C[C@@H]1[C@@H](C(=O)OCc2cccc(COC)c2C)C1(C)C. The Hall–Kier alpha value is -1.61. The monoisotopic (exact) mass is 302 g/mol. The van der Waals surface area contributed by atoms with E-state index < -0.39 is 0 Å². The van der Waals surface area contributed by atoms with Crippen LogP contribution in [0.3, 0.4) is 0 Å². The molecule has 3 heteroatoms. The molecule has 0 heterocycles. The second-order valence-electron chi connectivity index (χ2n) is 6.59. The maximum absolute atomic E-state index is 12.3. The van der Waals surface area contributed by atoms with E-state index in [1.54, 1.807) is 7.11 Å². The number of carbonyl (C=O) groups is 1. The summed E-state index contributed by atoms with van der Waals surface area (Å²) in [5, 5.41) is 0. The van der Waals surface area contributed by atoms with Gasteiger partial charge in [0.05, 0.1) is 12.5 Å². The first-order chi connectivity index (χ1) is 10.4. The van der Waals surface area contributed by atoms with Gasteiger partial charge in [0.2, 0.25) is 0 Å². The Morgan fingerprint density at radius 1 is 1.27 bits per heavy atom. The summed E-state index contributed by atoms with van der Waals surface area (Å²) in [6.45, 7) is 9.18. The predicted octanol–water partition coefficient (Wildman–Crippen LogP) is 4.03. The minimum atomic E-state index is -0.0929. The molecular weight excluding hydrogens is 276 g/mol. The van der Waals surface area contributed by atoms with E-state index in [9.17, 15) is 4.79 Å². The van der Waals surface area contributed by atoms with Crippen LogP contribution in [0.25, 0.3) is 0 Å². The fourth-order valence-corrected chi connectivity index (χ4v) is 3.14. The Kier molecular flexibility index (Phi) is 5.07. The third-order valence-electron chi connectivity index (χ3n) is 4.79. The van der Waals surface area contributed by atoms with E-state index in [0.717, 1.165) is 16.7 Å². The molecule has 0 spiro atoms. The lowest BCUT2D eigenvalue weighted by molar-refractivity contribution is -0.147. The lowest BCUT2D eigenvalue weighted by Crippen LogP contribution is -2.11. The van der Waals surface area contributed by atoms with Crippen molar-refractivity contribution in [3.05, 3.63) is 47.0 Å². The molecule has 2 rings (SSSR count). The van der Waals surface area contributed by atoms with Gasteiger partial charge in [-0.1, -0.05) is 44.2 Å². The minimum absolute atomic E-state index is 0.0105. The van der Waals surface area contributed by atoms with Gasteiger partial charge in [0, 0.05) is 7.11 Å². The van der Waals surface area contributed by atoms with Crippen LogP contribution in [-0.2, 0) is 27.5 Å². The quantitative estimate of drug-likeness (QED) is 0.588. The Morgan fingerprint density at radius 3 is 2.50 bits per heavy atom. The van der Waals surface area contributed by atoms with E-state index in [2.05, 4.69) is 19.9 Å². The van der Waals surface area contributed by atoms with Crippen LogP contribution in [0.4, 0.5) is 0 Å². The Bertz CT molecular complexity index is 572. The van der Waals surface area contributed by atoms with Crippen LogP contribution in [0, 0.1) is 24.2 Å². The third kappa shape index (κ3) is 3.25. The molecule has 0 N–H and O–H groups in total. The highest BCUT2D eigenvalue weighted by Gasteiger charge is 2.61. The van der Waals surface area contributed by atoms with Crippen molar-refractivity contribution in [1.82, 2.24) is 0 Å². The lowest BCUT2D eigenvalue weighted by atomic mass is 10.0. The zero-order valence-corrected chi connectivity index (χ0v) is 14.2. The fraction of sp³-hybridized carbons (Fsp3) is 0.526. The summed E-state index contributed by atoms with van der Waals surface area (Å²) >= 11 is 0. The topological polar surface area (TPSA) is 35.5 Å². The maximum Gasteiger partial charge on any atom is 0.310 e. The summed E-state index contributed by atoms with van der Waals surface area (Å²) < 4.78 is 10.8. The lowest BCUT2D eigenvalue weighted by Gasteiger charge is -2.11. The van der Waals surface area contributed by atoms with Crippen molar-refractivity contribution in [3.63, 3.8) is 0 Å². The van der Waals surface area contributed by atoms with Crippen molar-refractivity contribution >= 4 is 5.97 Å². The van der Waals surface area contributed by atoms with Gasteiger partial charge in [0.1, 0.15) is 6.61 Å². The Morgan fingerprint density at radius 2 is 1.91 bits per heavy atom. The van der Waals surface area contributed by atoms with Crippen LogP contribution in [0.15, 0.2) is 30.4 Å². The first-order valence-corrected chi connectivity index (χ1v) is 7.79. The van der Waals surface area contributed by atoms with Crippen molar-refractivity contribution in [1.29, 1.82) is 0 Å². The van der Waals surface area contributed by atoms with Crippen LogP contribution < -0.4 is 0 Å². The summed E-state index contributed by atoms with van der Waals surface area (Å²) in [6, 6.07) is 6.02. The molecule has 0 amide bonds. The van der Waals surface area contributed by atoms with Crippen molar-refractivity contribution < 1.29 is 14.3 Å².